The summed E-state index contributed by atoms with van der Waals surface area (Å²) in [5.74, 6) is -0.673. The molecule has 0 spiro atoms. The standard InChI is InChI=1S/C22H40O2/c1-2-3-4-5-6-7-8-9-10-11-12-13-14-15-16-17-18-19-20-21-22(23)24/h7-8,15-16H,2-6,9-14,17-21H2,1H3,(H,23,24). The number of aliphatic carboxylic acids is 1. The molecule has 0 saturated carbocycles. The van der Waals surface area contributed by atoms with E-state index in [-0.39, 0.29) is 0 Å². The van der Waals surface area contributed by atoms with Crippen LogP contribution < -0.4 is 0 Å². The van der Waals surface area contributed by atoms with Gasteiger partial charge in [0.05, 0.1) is 0 Å². The van der Waals surface area contributed by atoms with E-state index in [2.05, 4.69) is 31.2 Å². The normalized spacial score (nSPS) is 11.7. The third kappa shape index (κ3) is 20.9. The Morgan fingerprint density at radius 3 is 1.38 bits per heavy atom. The number of carboxylic acid groups (broad SMARTS) is 1. The first-order valence-corrected chi connectivity index (χ1v) is 10.3. The molecule has 0 aromatic rings. The molecule has 0 aromatic heterocycles. The van der Waals surface area contributed by atoms with E-state index in [4.69, 9.17) is 5.11 Å². The van der Waals surface area contributed by atoms with Crippen molar-refractivity contribution in [1.29, 1.82) is 0 Å². The number of hydrogen-bond acceptors (Lipinski definition) is 1. The average molecular weight is 337 g/mol. The van der Waals surface area contributed by atoms with E-state index in [9.17, 15) is 4.79 Å². The molecule has 0 rings (SSSR count). The molecular formula is C22H40O2. The van der Waals surface area contributed by atoms with Gasteiger partial charge in [-0.1, -0.05) is 69.8 Å². The van der Waals surface area contributed by atoms with E-state index >= 15 is 0 Å². The lowest BCUT2D eigenvalue weighted by Gasteiger charge is -1.98. The third-order valence-electron chi connectivity index (χ3n) is 4.31. The zero-order chi connectivity index (χ0) is 17.7. The van der Waals surface area contributed by atoms with Crippen LogP contribution in [0.15, 0.2) is 24.3 Å². The minimum atomic E-state index is -0.673. The highest BCUT2D eigenvalue weighted by Gasteiger charge is 1.95. The molecule has 0 atom stereocenters. The largest absolute Gasteiger partial charge is 0.481 e. The summed E-state index contributed by atoms with van der Waals surface area (Å²) in [6, 6.07) is 0. The van der Waals surface area contributed by atoms with Gasteiger partial charge < -0.3 is 5.11 Å². The van der Waals surface area contributed by atoms with Gasteiger partial charge in [0.1, 0.15) is 0 Å². The Morgan fingerprint density at radius 1 is 0.625 bits per heavy atom. The molecular weight excluding hydrogens is 296 g/mol. The minimum Gasteiger partial charge on any atom is -0.481 e. The Morgan fingerprint density at radius 2 is 1.00 bits per heavy atom. The molecule has 0 saturated heterocycles. The first-order valence-electron chi connectivity index (χ1n) is 10.3. The summed E-state index contributed by atoms with van der Waals surface area (Å²) in [5, 5.41) is 8.54. The van der Waals surface area contributed by atoms with Crippen molar-refractivity contribution in [3.8, 4) is 0 Å². The molecule has 0 bridgehead atoms. The van der Waals surface area contributed by atoms with Gasteiger partial charge in [-0.05, 0) is 57.8 Å². The highest BCUT2D eigenvalue weighted by molar-refractivity contribution is 5.66. The van der Waals surface area contributed by atoms with Crippen molar-refractivity contribution < 1.29 is 9.90 Å². The van der Waals surface area contributed by atoms with E-state index in [1.54, 1.807) is 0 Å². The van der Waals surface area contributed by atoms with Crippen molar-refractivity contribution in [1.82, 2.24) is 0 Å². The van der Waals surface area contributed by atoms with Gasteiger partial charge in [-0.25, -0.2) is 0 Å². The molecule has 2 nitrogen and oxygen atoms in total. The van der Waals surface area contributed by atoms with Crippen molar-refractivity contribution >= 4 is 5.97 Å². The Balaban J connectivity index is 3.15. The van der Waals surface area contributed by atoms with Gasteiger partial charge in [0.25, 0.3) is 0 Å². The Labute approximate surface area is 150 Å². The zero-order valence-corrected chi connectivity index (χ0v) is 16.0. The molecule has 0 aliphatic heterocycles. The maximum Gasteiger partial charge on any atom is 0.303 e. The number of hydrogen-bond donors (Lipinski definition) is 1. The van der Waals surface area contributed by atoms with Gasteiger partial charge in [-0.15, -0.1) is 0 Å². The van der Waals surface area contributed by atoms with Gasteiger partial charge >= 0.3 is 5.97 Å². The highest BCUT2D eigenvalue weighted by Crippen LogP contribution is 2.09. The summed E-state index contributed by atoms with van der Waals surface area (Å²) in [6.07, 6.45) is 28.2. The molecule has 2 heteroatoms. The Bertz CT molecular complexity index is 318. The van der Waals surface area contributed by atoms with Gasteiger partial charge in [-0.3, -0.25) is 4.79 Å². The topological polar surface area (TPSA) is 37.3 Å². The Kier molecular flexibility index (Phi) is 19.1. The van der Waals surface area contributed by atoms with Crippen LogP contribution in [0.1, 0.15) is 110 Å². The number of carboxylic acids is 1. The molecule has 0 amide bonds. The molecule has 0 fully saturated rings. The predicted octanol–water partition coefficient (Wildman–Crippen LogP) is 7.44. The van der Waals surface area contributed by atoms with E-state index in [1.165, 1.54) is 70.6 Å². The summed E-state index contributed by atoms with van der Waals surface area (Å²) in [4.78, 5) is 10.4. The number of unbranched alkanes of at least 4 members (excludes halogenated alkanes) is 12. The maximum atomic E-state index is 10.4. The molecule has 1 N–H and O–H groups in total. The maximum absolute atomic E-state index is 10.4. The lowest BCUT2D eigenvalue weighted by Crippen LogP contribution is -1.93. The number of allylic oxidation sites excluding steroid dienone is 4. The molecule has 0 aromatic carbocycles. The number of rotatable bonds is 18. The predicted molar refractivity (Wildman–Crippen MR) is 105 cm³/mol. The van der Waals surface area contributed by atoms with E-state index < -0.39 is 5.97 Å². The average Bonchev–Trinajstić information content (AvgIpc) is 2.56. The van der Waals surface area contributed by atoms with Crippen LogP contribution in [0.2, 0.25) is 0 Å². The first-order chi connectivity index (χ1) is 11.8. The summed E-state index contributed by atoms with van der Waals surface area (Å²) in [6.45, 7) is 2.26. The molecule has 0 unspecified atom stereocenters. The zero-order valence-electron chi connectivity index (χ0n) is 16.0. The molecule has 0 aliphatic carbocycles. The van der Waals surface area contributed by atoms with Crippen molar-refractivity contribution in [3.05, 3.63) is 24.3 Å². The Hall–Kier alpha value is -1.05. The second-order valence-corrected chi connectivity index (χ2v) is 6.78. The SMILES string of the molecule is CCCCCCC=CCCCCCCC=CCCCCCC(=O)O. The molecule has 0 radical (unpaired) electrons. The van der Waals surface area contributed by atoms with E-state index in [0.29, 0.717) is 6.42 Å². The monoisotopic (exact) mass is 336 g/mol. The lowest BCUT2D eigenvalue weighted by molar-refractivity contribution is -0.137. The van der Waals surface area contributed by atoms with Crippen LogP contribution in [0, 0.1) is 0 Å². The van der Waals surface area contributed by atoms with Crippen LogP contribution in [0.4, 0.5) is 0 Å². The van der Waals surface area contributed by atoms with Gasteiger partial charge in [0, 0.05) is 6.42 Å². The second-order valence-electron chi connectivity index (χ2n) is 6.78. The van der Waals surface area contributed by atoms with Crippen molar-refractivity contribution in [2.24, 2.45) is 0 Å². The van der Waals surface area contributed by atoms with Gasteiger partial charge in [0.2, 0.25) is 0 Å². The van der Waals surface area contributed by atoms with Crippen LogP contribution >= 0.6 is 0 Å². The van der Waals surface area contributed by atoms with Crippen molar-refractivity contribution in [2.75, 3.05) is 0 Å². The fourth-order valence-corrected chi connectivity index (χ4v) is 2.75. The first kappa shape index (κ1) is 22.9. The van der Waals surface area contributed by atoms with E-state index in [1.807, 2.05) is 0 Å². The fourth-order valence-electron chi connectivity index (χ4n) is 2.75. The van der Waals surface area contributed by atoms with Crippen molar-refractivity contribution in [3.63, 3.8) is 0 Å². The molecule has 140 valence electrons. The smallest absolute Gasteiger partial charge is 0.303 e. The quantitative estimate of drug-likeness (QED) is 0.208. The summed E-state index contributed by atoms with van der Waals surface area (Å²) < 4.78 is 0. The van der Waals surface area contributed by atoms with Crippen LogP contribution in [0.5, 0.6) is 0 Å². The fraction of sp³-hybridized carbons (Fsp3) is 0.773. The molecule has 24 heavy (non-hydrogen) atoms. The summed E-state index contributed by atoms with van der Waals surface area (Å²) in [5.41, 5.74) is 0. The summed E-state index contributed by atoms with van der Waals surface area (Å²) >= 11 is 0. The van der Waals surface area contributed by atoms with Crippen LogP contribution in [-0.4, -0.2) is 11.1 Å². The van der Waals surface area contributed by atoms with Crippen LogP contribution in [-0.2, 0) is 4.79 Å². The number of carbonyl (C=O) groups is 1. The highest BCUT2D eigenvalue weighted by atomic mass is 16.4. The second kappa shape index (κ2) is 20.0. The van der Waals surface area contributed by atoms with Crippen molar-refractivity contribution in [2.45, 2.75) is 110 Å². The van der Waals surface area contributed by atoms with Gasteiger partial charge in [-0.2, -0.15) is 0 Å². The van der Waals surface area contributed by atoms with Crippen LogP contribution in [0.25, 0.3) is 0 Å². The molecule has 0 heterocycles. The van der Waals surface area contributed by atoms with Gasteiger partial charge in [0.15, 0.2) is 0 Å². The minimum absolute atomic E-state index is 0.317. The third-order valence-corrected chi connectivity index (χ3v) is 4.31. The summed E-state index contributed by atoms with van der Waals surface area (Å²) in [7, 11) is 0. The molecule has 0 aliphatic rings. The van der Waals surface area contributed by atoms with E-state index in [0.717, 1.165) is 25.7 Å². The van der Waals surface area contributed by atoms with Crippen LogP contribution in [0.3, 0.4) is 0 Å². The lowest BCUT2D eigenvalue weighted by atomic mass is 10.1.